The molecule has 8 nitrogen and oxygen atoms in total. The molecule has 1 aromatic carbocycles. The summed E-state index contributed by atoms with van der Waals surface area (Å²) >= 11 is 0. The summed E-state index contributed by atoms with van der Waals surface area (Å²) in [6, 6.07) is 4.57. The zero-order valence-electron chi connectivity index (χ0n) is 11.0. The smallest absolute Gasteiger partial charge is 0.421 e. The van der Waals surface area contributed by atoms with Gasteiger partial charge >= 0.3 is 6.09 Å². The molecule has 0 radical (unpaired) electrons. The molecule has 0 unspecified atom stereocenters. The summed E-state index contributed by atoms with van der Waals surface area (Å²) in [5, 5.41) is 19.9. The Kier molecular flexibility index (Phi) is 5.26. The van der Waals surface area contributed by atoms with Gasteiger partial charge in [-0.15, -0.1) is 11.8 Å². The van der Waals surface area contributed by atoms with Crippen LogP contribution in [0.3, 0.4) is 0 Å². The average Bonchev–Trinajstić information content (AvgIpc) is 2.42. The number of sulfonamides is 1. The summed E-state index contributed by atoms with van der Waals surface area (Å²) in [6.07, 6.45) is -1.71. The lowest BCUT2D eigenvalue weighted by molar-refractivity contribution is -0.387. The molecule has 0 saturated carbocycles. The third-order valence-corrected chi connectivity index (χ3v) is 4.28. The largest absolute Gasteiger partial charge is 0.464 e. The van der Waals surface area contributed by atoms with Gasteiger partial charge in [-0.05, 0) is 13.0 Å². The van der Waals surface area contributed by atoms with Crippen LogP contribution in [0.15, 0.2) is 29.2 Å². The van der Waals surface area contributed by atoms with Crippen LogP contribution in [0.25, 0.3) is 0 Å². The first-order valence-corrected chi connectivity index (χ1v) is 7.15. The Morgan fingerprint density at radius 2 is 2.05 bits per heavy atom. The SMILES string of the molecule is CC#CCCN(C(=O)O)S(=O)(=O)c1ccccc1[N+](=O)[O-]. The Bertz CT molecular complexity index is 717. The number of para-hydroxylation sites is 1. The normalized spacial score (nSPS) is 10.3. The monoisotopic (exact) mass is 312 g/mol. The summed E-state index contributed by atoms with van der Waals surface area (Å²) in [4.78, 5) is 20.5. The molecule has 0 aromatic heterocycles. The van der Waals surface area contributed by atoms with Gasteiger partial charge in [0.1, 0.15) is 0 Å². The van der Waals surface area contributed by atoms with Crippen LogP contribution in [0.1, 0.15) is 13.3 Å². The molecule has 0 bridgehead atoms. The summed E-state index contributed by atoms with van der Waals surface area (Å²) < 4.78 is 24.7. The molecular formula is C12H12N2O6S. The van der Waals surface area contributed by atoms with Crippen molar-refractivity contribution in [1.82, 2.24) is 4.31 Å². The number of hydrogen-bond acceptors (Lipinski definition) is 5. The Morgan fingerprint density at radius 1 is 1.43 bits per heavy atom. The summed E-state index contributed by atoms with van der Waals surface area (Å²) in [5.74, 6) is 5.05. The standard InChI is InChI=1S/C12H12N2O6S/c1-2-3-6-9-13(12(15)16)21(19,20)11-8-5-4-7-10(11)14(17)18/h4-5,7-8H,6,9H2,1H3,(H,15,16). The number of rotatable bonds is 5. The van der Waals surface area contributed by atoms with E-state index in [2.05, 4.69) is 11.8 Å². The highest BCUT2D eigenvalue weighted by atomic mass is 32.2. The van der Waals surface area contributed by atoms with E-state index in [-0.39, 0.29) is 10.7 Å². The van der Waals surface area contributed by atoms with E-state index in [1.165, 1.54) is 19.1 Å². The van der Waals surface area contributed by atoms with E-state index in [4.69, 9.17) is 5.11 Å². The fourth-order valence-corrected chi connectivity index (χ4v) is 2.98. The average molecular weight is 312 g/mol. The maximum absolute atomic E-state index is 12.3. The lowest BCUT2D eigenvalue weighted by Gasteiger charge is -2.18. The van der Waals surface area contributed by atoms with Gasteiger partial charge in [0, 0.05) is 12.5 Å². The van der Waals surface area contributed by atoms with Crippen molar-refractivity contribution >= 4 is 21.8 Å². The highest BCUT2D eigenvalue weighted by Crippen LogP contribution is 2.26. The molecule has 0 heterocycles. The van der Waals surface area contributed by atoms with E-state index >= 15 is 0 Å². The van der Waals surface area contributed by atoms with Crippen molar-refractivity contribution in [3.05, 3.63) is 34.4 Å². The van der Waals surface area contributed by atoms with Crippen molar-refractivity contribution in [2.24, 2.45) is 0 Å². The van der Waals surface area contributed by atoms with E-state index in [1.807, 2.05) is 0 Å². The molecule has 21 heavy (non-hydrogen) atoms. The zero-order valence-corrected chi connectivity index (χ0v) is 11.8. The Hall–Kier alpha value is -2.60. The van der Waals surface area contributed by atoms with Crippen molar-refractivity contribution in [2.45, 2.75) is 18.2 Å². The van der Waals surface area contributed by atoms with Crippen molar-refractivity contribution in [3.63, 3.8) is 0 Å². The topological polar surface area (TPSA) is 118 Å². The van der Waals surface area contributed by atoms with Gasteiger partial charge in [0.25, 0.3) is 15.7 Å². The molecule has 0 aliphatic rings. The fraction of sp³-hybridized carbons (Fsp3) is 0.250. The predicted molar refractivity (Wildman–Crippen MR) is 73.1 cm³/mol. The van der Waals surface area contributed by atoms with Gasteiger partial charge in [-0.2, -0.15) is 4.31 Å². The second-order valence-corrected chi connectivity index (χ2v) is 5.59. The first-order valence-electron chi connectivity index (χ1n) is 5.71. The second kappa shape index (κ2) is 6.71. The van der Waals surface area contributed by atoms with E-state index < -0.39 is 38.2 Å². The van der Waals surface area contributed by atoms with Gasteiger partial charge < -0.3 is 5.11 Å². The van der Waals surface area contributed by atoms with Crippen molar-refractivity contribution in [1.29, 1.82) is 0 Å². The van der Waals surface area contributed by atoms with Crippen molar-refractivity contribution < 1.29 is 23.2 Å². The number of hydrogen-bond donors (Lipinski definition) is 1. The first-order chi connectivity index (χ1) is 9.82. The number of nitrogens with zero attached hydrogens (tertiary/aromatic N) is 2. The van der Waals surface area contributed by atoms with Gasteiger partial charge in [-0.1, -0.05) is 12.1 Å². The number of nitro groups is 1. The summed E-state index contributed by atoms with van der Waals surface area (Å²) in [5.41, 5.74) is -0.676. The van der Waals surface area contributed by atoms with E-state index in [0.717, 1.165) is 12.1 Å². The maximum Gasteiger partial charge on any atom is 0.421 e. The molecular weight excluding hydrogens is 300 g/mol. The minimum absolute atomic E-state index is 0.00264. The van der Waals surface area contributed by atoms with E-state index in [9.17, 15) is 23.3 Å². The quantitative estimate of drug-likeness (QED) is 0.502. The zero-order chi connectivity index (χ0) is 16.0. The van der Waals surface area contributed by atoms with Crippen molar-refractivity contribution in [3.8, 4) is 11.8 Å². The molecule has 0 fully saturated rings. The highest BCUT2D eigenvalue weighted by molar-refractivity contribution is 7.89. The van der Waals surface area contributed by atoms with Crippen LogP contribution in [-0.2, 0) is 10.0 Å². The third-order valence-electron chi connectivity index (χ3n) is 2.46. The van der Waals surface area contributed by atoms with Gasteiger partial charge in [0.15, 0.2) is 4.90 Å². The molecule has 1 N–H and O–H groups in total. The molecule has 0 aliphatic carbocycles. The minimum atomic E-state index is -4.53. The highest BCUT2D eigenvalue weighted by Gasteiger charge is 2.34. The van der Waals surface area contributed by atoms with Gasteiger partial charge in [0.2, 0.25) is 0 Å². The van der Waals surface area contributed by atoms with Crippen LogP contribution in [0.4, 0.5) is 10.5 Å². The van der Waals surface area contributed by atoms with Gasteiger partial charge in [-0.3, -0.25) is 10.1 Å². The Morgan fingerprint density at radius 3 is 2.57 bits per heavy atom. The first kappa shape index (κ1) is 16.5. The minimum Gasteiger partial charge on any atom is -0.464 e. The maximum atomic E-state index is 12.3. The summed E-state index contributed by atoms with van der Waals surface area (Å²) in [7, 11) is -4.53. The molecule has 9 heteroatoms. The third kappa shape index (κ3) is 3.70. The second-order valence-electron chi connectivity index (χ2n) is 3.76. The molecule has 1 aromatic rings. The van der Waals surface area contributed by atoms with Gasteiger partial charge in [-0.25, -0.2) is 13.2 Å². The molecule has 0 spiro atoms. The number of nitro benzene ring substituents is 1. The Balaban J connectivity index is 3.32. The Labute approximate surface area is 121 Å². The predicted octanol–water partition coefficient (Wildman–Crippen LogP) is 1.68. The fourth-order valence-electron chi connectivity index (χ4n) is 1.55. The number of amides is 1. The van der Waals surface area contributed by atoms with Crippen LogP contribution >= 0.6 is 0 Å². The van der Waals surface area contributed by atoms with Crippen LogP contribution in [0.5, 0.6) is 0 Å². The molecule has 1 amide bonds. The van der Waals surface area contributed by atoms with Gasteiger partial charge in [0.05, 0.1) is 11.5 Å². The van der Waals surface area contributed by atoms with Crippen LogP contribution < -0.4 is 0 Å². The molecule has 112 valence electrons. The molecule has 0 saturated heterocycles. The lowest BCUT2D eigenvalue weighted by Crippen LogP contribution is -2.36. The van der Waals surface area contributed by atoms with Crippen LogP contribution in [-0.4, -0.2) is 35.4 Å². The van der Waals surface area contributed by atoms with E-state index in [1.54, 1.807) is 0 Å². The molecule has 0 atom stereocenters. The van der Waals surface area contributed by atoms with E-state index in [0.29, 0.717) is 0 Å². The number of carbonyl (C=O) groups is 1. The lowest BCUT2D eigenvalue weighted by atomic mass is 10.3. The number of carboxylic acid groups (broad SMARTS) is 1. The molecule has 1 rings (SSSR count). The van der Waals surface area contributed by atoms with Crippen molar-refractivity contribution in [2.75, 3.05) is 6.54 Å². The summed E-state index contributed by atoms with van der Waals surface area (Å²) in [6.45, 7) is 1.13. The van der Waals surface area contributed by atoms with Crippen LogP contribution in [0.2, 0.25) is 0 Å². The molecule has 0 aliphatic heterocycles. The number of benzene rings is 1. The van der Waals surface area contributed by atoms with Crippen LogP contribution in [0, 0.1) is 22.0 Å².